The highest BCUT2D eigenvalue weighted by Gasteiger charge is 2.41. The van der Waals surface area contributed by atoms with Gasteiger partial charge in [0.2, 0.25) is 0 Å². The third kappa shape index (κ3) is 7.84. The lowest BCUT2D eigenvalue weighted by atomic mass is 9.90. The standard InChI is InChI=1S/C28H36N2O2.2ClH/c1-19(2)25(16-20-6-4-3-5-7-20)26-17-27(26)30-24-14-12-23(13-15-24)29-18-21-8-10-22(11-9-21)28(31)32;;/h3-11,16,19,23-24,26-27,29-30H,12-15,17-18H2,1-2H3,(H,31,32);2*1H/t23?,24?,26-,27+;;/m0../s1. The van der Waals surface area contributed by atoms with Crippen LogP contribution in [0.1, 0.15) is 67.4 Å². The van der Waals surface area contributed by atoms with Gasteiger partial charge in [0.15, 0.2) is 0 Å². The lowest BCUT2D eigenvalue weighted by molar-refractivity contribution is 0.0697. The van der Waals surface area contributed by atoms with Crippen LogP contribution in [0, 0.1) is 11.8 Å². The largest absolute Gasteiger partial charge is 0.478 e. The minimum absolute atomic E-state index is 0. The number of aromatic carboxylic acids is 1. The Labute approximate surface area is 216 Å². The summed E-state index contributed by atoms with van der Waals surface area (Å²) in [6, 6.07) is 19.7. The number of carboxylic acids is 1. The highest BCUT2D eigenvalue weighted by molar-refractivity contribution is 5.87. The Morgan fingerprint density at radius 2 is 1.59 bits per heavy atom. The van der Waals surface area contributed by atoms with Gasteiger partial charge in [-0.05, 0) is 67.2 Å². The van der Waals surface area contributed by atoms with Crippen molar-refractivity contribution in [1.29, 1.82) is 0 Å². The van der Waals surface area contributed by atoms with Crippen molar-refractivity contribution in [3.8, 4) is 0 Å². The molecule has 0 radical (unpaired) electrons. The van der Waals surface area contributed by atoms with Crippen LogP contribution in [-0.2, 0) is 6.54 Å². The van der Waals surface area contributed by atoms with Crippen LogP contribution in [0.3, 0.4) is 0 Å². The van der Waals surface area contributed by atoms with Gasteiger partial charge < -0.3 is 15.7 Å². The number of rotatable bonds is 9. The van der Waals surface area contributed by atoms with E-state index in [0.717, 1.165) is 12.1 Å². The van der Waals surface area contributed by atoms with Gasteiger partial charge in [-0.2, -0.15) is 0 Å². The first-order valence-electron chi connectivity index (χ1n) is 12.1. The van der Waals surface area contributed by atoms with Crippen LogP contribution in [0.4, 0.5) is 0 Å². The van der Waals surface area contributed by atoms with E-state index in [1.54, 1.807) is 17.7 Å². The van der Waals surface area contributed by atoms with Gasteiger partial charge in [0.1, 0.15) is 0 Å². The van der Waals surface area contributed by atoms with E-state index < -0.39 is 5.97 Å². The lowest BCUT2D eigenvalue weighted by Gasteiger charge is -2.30. The number of carboxylic acid groups (broad SMARTS) is 1. The Morgan fingerprint density at radius 3 is 2.18 bits per heavy atom. The van der Waals surface area contributed by atoms with E-state index in [9.17, 15) is 4.79 Å². The summed E-state index contributed by atoms with van der Waals surface area (Å²) < 4.78 is 0. The number of carbonyl (C=O) groups is 1. The Morgan fingerprint density at radius 1 is 0.971 bits per heavy atom. The van der Waals surface area contributed by atoms with Gasteiger partial charge >= 0.3 is 5.97 Å². The second-order valence-corrected chi connectivity index (χ2v) is 9.76. The van der Waals surface area contributed by atoms with E-state index in [1.807, 2.05) is 12.1 Å². The second-order valence-electron chi connectivity index (χ2n) is 9.76. The molecule has 2 aromatic rings. The maximum absolute atomic E-state index is 11.0. The molecular formula is C28H38Cl2N2O2. The average Bonchev–Trinajstić information content (AvgIpc) is 3.56. The molecule has 2 aliphatic rings. The van der Waals surface area contributed by atoms with Crippen LogP contribution in [0.2, 0.25) is 0 Å². The topological polar surface area (TPSA) is 61.4 Å². The van der Waals surface area contributed by atoms with Crippen molar-refractivity contribution >= 4 is 36.9 Å². The minimum Gasteiger partial charge on any atom is -0.478 e. The third-order valence-electron chi connectivity index (χ3n) is 6.99. The summed E-state index contributed by atoms with van der Waals surface area (Å²) in [5, 5.41) is 16.6. The Bertz CT molecular complexity index is 923. The summed E-state index contributed by atoms with van der Waals surface area (Å²) in [7, 11) is 0. The first-order valence-corrected chi connectivity index (χ1v) is 12.1. The summed E-state index contributed by atoms with van der Waals surface area (Å²) in [5.74, 6) is 0.389. The zero-order chi connectivity index (χ0) is 22.5. The van der Waals surface area contributed by atoms with Crippen molar-refractivity contribution in [1.82, 2.24) is 10.6 Å². The zero-order valence-corrected chi connectivity index (χ0v) is 21.7. The van der Waals surface area contributed by atoms with Crippen LogP contribution >= 0.6 is 24.8 Å². The summed E-state index contributed by atoms with van der Waals surface area (Å²) in [6.07, 6.45) is 8.50. The van der Waals surface area contributed by atoms with Gasteiger partial charge in [0, 0.05) is 24.7 Å². The smallest absolute Gasteiger partial charge is 0.335 e. The van der Waals surface area contributed by atoms with Crippen LogP contribution in [0.25, 0.3) is 6.08 Å². The van der Waals surface area contributed by atoms with Gasteiger partial charge in [0.05, 0.1) is 5.56 Å². The van der Waals surface area contributed by atoms with Gasteiger partial charge in [-0.1, -0.05) is 68.0 Å². The normalized spacial score (nSPS) is 24.1. The molecule has 2 fully saturated rings. The molecule has 34 heavy (non-hydrogen) atoms. The number of hydrogen-bond donors (Lipinski definition) is 3. The fourth-order valence-electron chi connectivity index (χ4n) is 4.99. The molecule has 3 N–H and O–H groups in total. The number of halogens is 2. The summed E-state index contributed by atoms with van der Waals surface area (Å²) >= 11 is 0. The Hall–Kier alpha value is -1.85. The third-order valence-corrected chi connectivity index (χ3v) is 6.99. The maximum Gasteiger partial charge on any atom is 0.335 e. The molecule has 0 saturated heterocycles. The molecule has 0 heterocycles. The van der Waals surface area contributed by atoms with Crippen molar-refractivity contribution in [2.45, 2.75) is 70.6 Å². The molecule has 186 valence electrons. The summed E-state index contributed by atoms with van der Waals surface area (Å²) in [6.45, 7) is 5.43. The number of benzene rings is 2. The quantitative estimate of drug-likeness (QED) is 0.372. The zero-order valence-electron chi connectivity index (χ0n) is 20.1. The molecule has 2 saturated carbocycles. The molecule has 0 aromatic heterocycles. The van der Waals surface area contributed by atoms with Gasteiger partial charge in [-0.25, -0.2) is 4.79 Å². The highest BCUT2D eigenvalue weighted by atomic mass is 35.5. The number of nitrogens with one attached hydrogen (secondary N) is 2. The van der Waals surface area contributed by atoms with E-state index in [-0.39, 0.29) is 24.8 Å². The SMILES string of the molecule is CC(C)C(=Cc1ccccc1)[C@@H]1C[C@H]1NC1CCC(NCc2ccc(C(=O)O)cc2)CC1.Cl.Cl. The summed E-state index contributed by atoms with van der Waals surface area (Å²) in [5.41, 5.74) is 4.38. The molecule has 6 heteroatoms. The Kier molecular flexibility index (Phi) is 11.1. The molecule has 2 aromatic carbocycles. The van der Waals surface area contributed by atoms with Crippen molar-refractivity contribution in [2.24, 2.45) is 11.8 Å². The van der Waals surface area contributed by atoms with Crippen molar-refractivity contribution in [3.63, 3.8) is 0 Å². The molecule has 0 aliphatic heterocycles. The fourth-order valence-corrected chi connectivity index (χ4v) is 4.99. The van der Waals surface area contributed by atoms with Gasteiger partial charge in [-0.15, -0.1) is 24.8 Å². The molecule has 4 rings (SSSR count). The highest BCUT2D eigenvalue weighted by Crippen LogP contribution is 2.42. The summed E-state index contributed by atoms with van der Waals surface area (Å²) in [4.78, 5) is 11.0. The predicted octanol–water partition coefficient (Wildman–Crippen LogP) is 6.35. The number of hydrogen-bond acceptors (Lipinski definition) is 3. The molecule has 0 bridgehead atoms. The van der Waals surface area contributed by atoms with E-state index in [4.69, 9.17) is 5.11 Å². The van der Waals surface area contributed by atoms with Crippen LogP contribution in [0.15, 0.2) is 60.2 Å². The Balaban J connectivity index is 0.00000204. The molecule has 2 aliphatic carbocycles. The maximum atomic E-state index is 11.0. The first-order chi connectivity index (χ1) is 15.5. The first kappa shape index (κ1) is 28.4. The predicted molar refractivity (Wildman–Crippen MR) is 145 cm³/mol. The average molecular weight is 506 g/mol. The van der Waals surface area contributed by atoms with Crippen LogP contribution < -0.4 is 10.6 Å². The van der Waals surface area contributed by atoms with Gasteiger partial charge in [0.25, 0.3) is 0 Å². The molecule has 2 atom stereocenters. The van der Waals surface area contributed by atoms with E-state index in [2.05, 4.69) is 60.9 Å². The van der Waals surface area contributed by atoms with E-state index in [0.29, 0.717) is 35.5 Å². The van der Waals surface area contributed by atoms with Crippen LogP contribution in [-0.4, -0.2) is 29.2 Å². The van der Waals surface area contributed by atoms with Crippen molar-refractivity contribution in [2.75, 3.05) is 0 Å². The second kappa shape index (κ2) is 13.3. The van der Waals surface area contributed by atoms with Crippen LogP contribution in [0.5, 0.6) is 0 Å². The molecular weight excluding hydrogens is 467 g/mol. The van der Waals surface area contributed by atoms with E-state index >= 15 is 0 Å². The fraction of sp³-hybridized carbons (Fsp3) is 0.464. The van der Waals surface area contributed by atoms with Gasteiger partial charge in [-0.3, -0.25) is 0 Å². The molecule has 4 nitrogen and oxygen atoms in total. The van der Waals surface area contributed by atoms with Crippen molar-refractivity contribution < 1.29 is 9.90 Å². The van der Waals surface area contributed by atoms with E-state index in [1.165, 1.54) is 37.7 Å². The molecule has 0 unspecified atom stereocenters. The lowest BCUT2D eigenvalue weighted by Crippen LogP contribution is -2.41. The molecule has 0 amide bonds. The molecule has 0 spiro atoms. The monoisotopic (exact) mass is 504 g/mol. The minimum atomic E-state index is -0.871. The van der Waals surface area contributed by atoms with Crippen molar-refractivity contribution in [3.05, 3.63) is 76.9 Å².